The smallest absolute Gasteiger partial charge is 0.164 e. The Hall–Kier alpha value is -1.91. The van der Waals surface area contributed by atoms with Gasteiger partial charge in [-0.15, -0.1) is 10.2 Å². The second-order valence-corrected chi connectivity index (χ2v) is 3.67. The number of alkyl halides is 3. The number of halogens is 3. The minimum absolute atomic E-state index is 0.432. The van der Waals surface area contributed by atoms with Crippen molar-refractivity contribution in [2.45, 2.75) is 26.9 Å². The zero-order valence-electron chi connectivity index (χ0n) is 11.0. The summed E-state index contributed by atoms with van der Waals surface area (Å²) in [6, 6.07) is 9.61. The lowest BCUT2D eigenvalue weighted by Gasteiger charge is -2.05. The third-order valence-electron chi connectivity index (χ3n) is 2.27. The molecule has 0 spiro atoms. The summed E-state index contributed by atoms with van der Waals surface area (Å²) in [4.78, 5) is 0. The van der Waals surface area contributed by atoms with Gasteiger partial charge < -0.3 is 0 Å². The van der Waals surface area contributed by atoms with Crippen molar-refractivity contribution in [1.29, 1.82) is 0 Å². The molecule has 0 amide bonds. The van der Waals surface area contributed by atoms with Crippen LogP contribution in [0.25, 0.3) is 11.3 Å². The average Bonchev–Trinajstić information content (AvgIpc) is 2.40. The van der Waals surface area contributed by atoms with Gasteiger partial charge in [0.05, 0.1) is 5.69 Å². The highest BCUT2D eigenvalue weighted by atomic mass is 19.4. The van der Waals surface area contributed by atoms with Crippen LogP contribution in [0.2, 0.25) is 0 Å². The first-order chi connectivity index (χ1) is 8.97. The van der Waals surface area contributed by atoms with Crippen LogP contribution in [0.5, 0.6) is 0 Å². The van der Waals surface area contributed by atoms with Gasteiger partial charge in [0, 0.05) is 5.56 Å². The normalized spacial score (nSPS) is 10.6. The minimum atomic E-state index is -4.45. The molecule has 2 aromatic rings. The van der Waals surface area contributed by atoms with E-state index in [2.05, 4.69) is 10.2 Å². The molecule has 0 N–H and O–H groups in total. The van der Waals surface area contributed by atoms with Gasteiger partial charge in [-0.05, 0) is 25.1 Å². The van der Waals surface area contributed by atoms with E-state index >= 15 is 0 Å². The first-order valence-electron chi connectivity index (χ1n) is 5.95. The molecule has 0 saturated heterocycles. The first-order valence-corrected chi connectivity index (χ1v) is 5.95. The van der Waals surface area contributed by atoms with Gasteiger partial charge in [-0.25, -0.2) is 0 Å². The van der Waals surface area contributed by atoms with E-state index in [9.17, 15) is 13.2 Å². The molecule has 1 heterocycles. The van der Waals surface area contributed by atoms with E-state index in [0.29, 0.717) is 5.69 Å². The van der Waals surface area contributed by atoms with Crippen molar-refractivity contribution in [3.05, 3.63) is 47.7 Å². The second-order valence-electron chi connectivity index (χ2n) is 3.67. The maximum Gasteiger partial charge on any atom is 0.435 e. The molecule has 0 bridgehead atoms. The van der Waals surface area contributed by atoms with Crippen molar-refractivity contribution in [1.82, 2.24) is 10.2 Å². The van der Waals surface area contributed by atoms with Crippen LogP contribution in [0.15, 0.2) is 36.4 Å². The Morgan fingerprint density at radius 1 is 0.947 bits per heavy atom. The molecule has 0 aliphatic rings. The van der Waals surface area contributed by atoms with Gasteiger partial charge in [-0.2, -0.15) is 13.2 Å². The summed E-state index contributed by atoms with van der Waals surface area (Å²) in [6.07, 6.45) is -4.45. The Morgan fingerprint density at radius 3 is 2.11 bits per heavy atom. The Morgan fingerprint density at radius 2 is 1.63 bits per heavy atom. The summed E-state index contributed by atoms with van der Waals surface area (Å²) >= 11 is 0. The number of rotatable bonds is 1. The quantitative estimate of drug-likeness (QED) is 0.761. The highest BCUT2D eigenvalue weighted by Crippen LogP contribution is 2.27. The average molecular weight is 268 g/mol. The number of nitrogens with zero attached hydrogens (tertiary/aromatic N) is 2. The summed E-state index contributed by atoms with van der Waals surface area (Å²) in [7, 11) is 0. The summed E-state index contributed by atoms with van der Waals surface area (Å²) in [5.74, 6) is 0. The maximum absolute atomic E-state index is 12.3. The number of hydrogen-bond donors (Lipinski definition) is 0. The summed E-state index contributed by atoms with van der Waals surface area (Å²) in [5, 5.41) is 6.77. The van der Waals surface area contributed by atoms with E-state index in [1.807, 2.05) is 39.0 Å². The molecule has 1 aromatic carbocycles. The van der Waals surface area contributed by atoms with Crippen LogP contribution in [0.4, 0.5) is 13.2 Å². The molecule has 19 heavy (non-hydrogen) atoms. The fraction of sp³-hybridized carbons (Fsp3) is 0.286. The first kappa shape index (κ1) is 15.1. The fourth-order valence-electron chi connectivity index (χ4n) is 1.44. The molecule has 5 heteroatoms. The predicted molar refractivity (Wildman–Crippen MR) is 68.6 cm³/mol. The second kappa shape index (κ2) is 6.31. The highest BCUT2D eigenvalue weighted by Gasteiger charge is 2.32. The highest BCUT2D eigenvalue weighted by molar-refractivity contribution is 5.59. The van der Waals surface area contributed by atoms with Crippen molar-refractivity contribution in [2.75, 3.05) is 0 Å². The van der Waals surface area contributed by atoms with Crippen LogP contribution in [0.3, 0.4) is 0 Å². The number of hydrogen-bond acceptors (Lipinski definition) is 2. The zero-order valence-corrected chi connectivity index (χ0v) is 11.0. The molecule has 0 atom stereocenters. The van der Waals surface area contributed by atoms with Crippen LogP contribution in [0, 0.1) is 6.92 Å². The van der Waals surface area contributed by atoms with E-state index in [-0.39, 0.29) is 0 Å². The fourth-order valence-corrected chi connectivity index (χ4v) is 1.44. The topological polar surface area (TPSA) is 25.8 Å². The molecule has 0 fully saturated rings. The molecular weight excluding hydrogens is 253 g/mol. The maximum atomic E-state index is 12.3. The number of benzene rings is 1. The lowest BCUT2D eigenvalue weighted by atomic mass is 10.1. The number of aromatic nitrogens is 2. The third-order valence-corrected chi connectivity index (χ3v) is 2.27. The predicted octanol–water partition coefficient (Wildman–Crippen LogP) is 4.50. The molecule has 0 aliphatic heterocycles. The van der Waals surface area contributed by atoms with Crippen LogP contribution < -0.4 is 0 Å². The number of aryl methyl sites for hydroxylation is 1. The standard InChI is InChI=1S/C12H9F3N2.C2H6/c1-8-3-2-4-9(7-8)10-5-6-11(17-16-10)12(13,14)15;1-2/h2-7H,1H3;1-2H3. The van der Waals surface area contributed by atoms with Gasteiger partial charge in [0.1, 0.15) is 0 Å². The molecule has 102 valence electrons. The molecule has 1 aromatic heterocycles. The van der Waals surface area contributed by atoms with Crippen molar-refractivity contribution in [3.8, 4) is 11.3 Å². The minimum Gasteiger partial charge on any atom is -0.164 e. The van der Waals surface area contributed by atoms with Gasteiger partial charge in [0.15, 0.2) is 5.69 Å². The van der Waals surface area contributed by atoms with Crippen molar-refractivity contribution in [3.63, 3.8) is 0 Å². The Labute approximate surface area is 110 Å². The van der Waals surface area contributed by atoms with E-state index in [4.69, 9.17) is 0 Å². The van der Waals surface area contributed by atoms with E-state index in [1.165, 1.54) is 6.07 Å². The van der Waals surface area contributed by atoms with E-state index in [1.54, 1.807) is 6.07 Å². The monoisotopic (exact) mass is 268 g/mol. The van der Waals surface area contributed by atoms with E-state index < -0.39 is 11.9 Å². The van der Waals surface area contributed by atoms with Crippen molar-refractivity contribution in [2.24, 2.45) is 0 Å². The zero-order chi connectivity index (χ0) is 14.5. The Balaban J connectivity index is 0.000000861. The summed E-state index contributed by atoms with van der Waals surface area (Å²) < 4.78 is 36.9. The molecule has 0 saturated carbocycles. The van der Waals surface area contributed by atoms with Gasteiger partial charge in [0.25, 0.3) is 0 Å². The largest absolute Gasteiger partial charge is 0.435 e. The Kier molecular flexibility index (Phi) is 5.03. The van der Waals surface area contributed by atoms with Gasteiger partial charge in [-0.3, -0.25) is 0 Å². The van der Waals surface area contributed by atoms with Gasteiger partial charge >= 0.3 is 6.18 Å². The molecular formula is C14H15F3N2. The molecule has 2 nitrogen and oxygen atoms in total. The van der Waals surface area contributed by atoms with Crippen molar-refractivity contribution >= 4 is 0 Å². The molecule has 0 radical (unpaired) electrons. The molecule has 0 unspecified atom stereocenters. The van der Waals surface area contributed by atoms with Gasteiger partial charge in [-0.1, -0.05) is 37.6 Å². The van der Waals surface area contributed by atoms with Crippen molar-refractivity contribution < 1.29 is 13.2 Å². The van der Waals surface area contributed by atoms with Gasteiger partial charge in [0.2, 0.25) is 0 Å². The lowest BCUT2D eigenvalue weighted by molar-refractivity contribution is -0.141. The van der Waals surface area contributed by atoms with Crippen LogP contribution >= 0.6 is 0 Å². The Bertz CT molecular complexity index is 519. The lowest BCUT2D eigenvalue weighted by Crippen LogP contribution is -2.08. The van der Waals surface area contributed by atoms with Crippen LogP contribution in [0.1, 0.15) is 25.1 Å². The van der Waals surface area contributed by atoms with Crippen LogP contribution in [-0.4, -0.2) is 10.2 Å². The SMILES string of the molecule is CC.Cc1cccc(-c2ccc(C(F)(F)F)nn2)c1. The summed E-state index contributed by atoms with van der Waals surface area (Å²) in [5.41, 5.74) is 1.23. The third kappa shape index (κ3) is 4.05. The molecule has 2 rings (SSSR count). The van der Waals surface area contributed by atoms with Crippen LogP contribution in [-0.2, 0) is 6.18 Å². The van der Waals surface area contributed by atoms with E-state index in [0.717, 1.165) is 17.2 Å². The molecule has 0 aliphatic carbocycles. The summed E-state index contributed by atoms with van der Waals surface area (Å²) in [6.45, 7) is 5.90.